The van der Waals surface area contributed by atoms with Crippen LogP contribution >= 0.6 is 23.2 Å². The van der Waals surface area contributed by atoms with Gasteiger partial charge in [-0.05, 0) is 24.1 Å². The number of benzene rings is 2. The number of halogens is 3. The molecule has 1 amide bonds. The first-order valence-electron chi connectivity index (χ1n) is 16.5. The van der Waals surface area contributed by atoms with Crippen LogP contribution in [0.25, 0.3) is 39.2 Å². The van der Waals surface area contributed by atoms with Crippen molar-refractivity contribution in [3.63, 3.8) is 0 Å². The Kier molecular flexibility index (Phi) is 11.5. The summed E-state index contributed by atoms with van der Waals surface area (Å²) in [5.41, 5.74) is 3.99. The zero-order chi connectivity index (χ0) is 36.9. The number of hydrogen-bond donors (Lipinski definition) is 5. The van der Waals surface area contributed by atoms with Gasteiger partial charge in [-0.15, -0.1) is 0 Å². The number of aliphatic carboxylic acids is 1. The normalized spacial score (nSPS) is 14.8. The summed E-state index contributed by atoms with van der Waals surface area (Å²) in [6.07, 6.45) is 2.74. The minimum Gasteiger partial charge on any atom is -0.481 e. The lowest BCUT2D eigenvalue weighted by Gasteiger charge is -2.16. The van der Waals surface area contributed by atoms with Crippen molar-refractivity contribution in [3.05, 3.63) is 104 Å². The molecule has 3 aromatic heterocycles. The first-order chi connectivity index (χ1) is 25.0. The molecule has 1 saturated heterocycles. The quantitative estimate of drug-likeness (QED) is 0.106. The summed E-state index contributed by atoms with van der Waals surface area (Å²) < 4.78 is 22.4. The van der Waals surface area contributed by atoms with Crippen LogP contribution in [0.3, 0.4) is 0 Å². The van der Waals surface area contributed by atoms with Crippen molar-refractivity contribution in [1.29, 1.82) is 0 Å². The fraction of sp³-hybridized carbons (Fsp3) is 0.270. The maximum atomic E-state index is 15.5. The lowest BCUT2D eigenvalue weighted by molar-refractivity contribution is -0.139. The summed E-state index contributed by atoms with van der Waals surface area (Å²) in [5.74, 6) is -1.51. The van der Waals surface area contributed by atoms with Crippen LogP contribution in [-0.4, -0.2) is 68.8 Å². The molecular formula is C37H35Cl2FN6O6. The van der Waals surface area contributed by atoms with E-state index in [4.69, 9.17) is 33.0 Å². The molecule has 52 heavy (non-hydrogen) atoms. The van der Waals surface area contributed by atoms with Gasteiger partial charge in [0.05, 0.1) is 40.9 Å². The third-order valence-corrected chi connectivity index (χ3v) is 9.58. The highest BCUT2D eigenvalue weighted by molar-refractivity contribution is 6.39. The van der Waals surface area contributed by atoms with Crippen molar-refractivity contribution in [1.82, 2.24) is 30.3 Å². The van der Waals surface area contributed by atoms with Gasteiger partial charge in [0.15, 0.2) is 0 Å². The fourth-order valence-electron chi connectivity index (χ4n) is 6.14. The summed E-state index contributed by atoms with van der Waals surface area (Å²) in [5, 5.41) is 28.2. The molecule has 15 heteroatoms. The monoisotopic (exact) mass is 748 g/mol. The first kappa shape index (κ1) is 36.9. The van der Waals surface area contributed by atoms with Gasteiger partial charge in [-0.2, -0.15) is 0 Å². The molecule has 270 valence electrons. The molecule has 0 saturated carbocycles. The van der Waals surface area contributed by atoms with E-state index in [-0.39, 0.29) is 54.3 Å². The second kappa shape index (κ2) is 16.2. The van der Waals surface area contributed by atoms with E-state index in [0.29, 0.717) is 62.0 Å². The summed E-state index contributed by atoms with van der Waals surface area (Å²) in [7, 11) is 1.42. The van der Waals surface area contributed by atoms with Gasteiger partial charge in [-0.3, -0.25) is 18.8 Å². The number of nitrogens with one attached hydrogen (secondary N) is 3. The third kappa shape index (κ3) is 8.09. The highest BCUT2D eigenvalue weighted by Crippen LogP contribution is 2.42. The molecule has 5 aromatic rings. The Morgan fingerprint density at radius 2 is 1.77 bits per heavy atom. The van der Waals surface area contributed by atoms with E-state index in [0.717, 1.165) is 6.42 Å². The van der Waals surface area contributed by atoms with Crippen molar-refractivity contribution < 1.29 is 28.9 Å². The van der Waals surface area contributed by atoms with Crippen LogP contribution in [0.5, 0.6) is 5.88 Å². The zero-order valence-electron chi connectivity index (χ0n) is 28.0. The summed E-state index contributed by atoms with van der Waals surface area (Å²) in [6.45, 7) is 0.746. The number of hydrogen-bond acceptors (Lipinski definition) is 9. The largest absolute Gasteiger partial charge is 0.481 e. The molecule has 1 fully saturated rings. The predicted octanol–water partition coefficient (Wildman–Crippen LogP) is 4.84. The highest BCUT2D eigenvalue weighted by atomic mass is 35.5. The molecule has 2 aromatic carbocycles. The Balaban J connectivity index is 1.24. The number of aromatic nitrogens is 3. The molecule has 5 N–H and O–H groups in total. The summed E-state index contributed by atoms with van der Waals surface area (Å²) in [6, 6.07) is 15.6. The molecule has 4 heterocycles. The molecule has 1 aliphatic heterocycles. The Morgan fingerprint density at radius 3 is 2.46 bits per heavy atom. The number of carbonyl (C=O) groups excluding carboxylic acids is 1. The molecule has 0 bridgehead atoms. The SMILES string of the molecule is COc1nc(-c2cccc(-c3cccc(-c4ccn5c(=O)c(CNCC(O)CC(=O)O)cnc5c4)c3Cl)c2Cl)cc(F)c1CNC[C@H]1CCC(=O)N1. The standard InChI is InChI=1S/C37H35Cl2FN6O6/c1-52-36-28(19-42-17-22-8-9-32(48)44-22)29(40)14-30(45-36)27-7-3-6-26(35(27)39)25-5-2-4-24(34(25)38)20-10-11-46-31(12-20)43-16-21(37(46)51)15-41-18-23(47)13-33(49)50/h2-7,10-12,14,16,22-23,41-42,47H,8-9,13,15,17-19H2,1H3,(H,44,48)(H,49,50)/t22-,23?/m1/s1. The second-order valence-electron chi connectivity index (χ2n) is 12.4. The van der Waals surface area contributed by atoms with Gasteiger partial charge >= 0.3 is 5.97 Å². The molecule has 6 rings (SSSR count). The number of carboxylic acid groups (broad SMARTS) is 1. The Morgan fingerprint density at radius 1 is 1.06 bits per heavy atom. The number of methoxy groups -OCH3 is 1. The molecular weight excluding hydrogens is 714 g/mol. The molecule has 0 aliphatic carbocycles. The number of aliphatic hydroxyl groups excluding tert-OH is 1. The molecule has 1 unspecified atom stereocenters. The molecule has 2 atom stereocenters. The second-order valence-corrected chi connectivity index (χ2v) is 13.1. The van der Waals surface area contributed by atoms with E-state index in [1.54, 1.807) is 30.5 Å². The summed E-state index contributed by atoms with van der Waals surface area (Å²) in [4.78, 5) is 44.4. The van der Waals surface area contributed by atoms with Gasteiger partial charge in [-0.25, -0.2) is 14.4 Å². The fourth-order valence-corrected chi connectivity index (χ4v) is 6.80. The molecule has 0 spiro atoms. The Bertz CT molecular complexity index is 2220. The first-order valence-corrected chi connectivity index (χ1v) is 17.2. The van der Waals surface area contributed by atoms with E-state index in [9.17, 15) is 19.5 Å². The van der Waals surface area contributed by atoms with Crippen LogP contribution in [0.2, 0.25) is 10.0 Å². The maximum absolute atomic E-state index is 15.5. The molecule has 12 nitrogen and oxygen atoms in total. The Hall–Kier alpha value is -4.92. The van der Waals surface area contributed by atoms with Crippen LogP contribution < -0.4 is 26.2 Å². The summed E-state index contributed by atoms with van der Waals surface area (Å²) >= 11 is 14.0. The van der Waals surface area contributed by atoms with Gasteiger partial charge in [0.2, 0.25) is 11.8 Å². The smallest absolute Gasteiger partial charge is 0.306 e. The van der Waals surface area contributed by atoms with E-state index < -0.39 is 24.3 Å². The van der Waals surface area contributed by atoms with Crippen molar-refractivity contribution >= 4 is 40.7 Å². The van der Waals surface area contributed by atoms with Crippen LogP contribution in [0.4, 0.5) is 4.39 Å². The van der Waals surface area contributed by atoms with E-state index in [1.165, 1.54) is 23.8 Å². The molecule has 1 aliphatic rings. The predicted molar refractivity (Wildman–Crippen MR) is 195 cm³/mol. The average molecular weight is 750 g/mol. The van der Waals surface area contributed by atoms with Gasteiger partial charge in [0.1, 0.15) is 11.5 Å². The number of pyridine rings is 2. The van der Waals surface area contributed by atoms with Crippen LogP contribution in [0.15, 0.2) is 71.8 Å². The number of rotatable bonds is 14. The lowest BCUT2D eigenvalue weighted by Crippen LogP contribution is -2.35. The minimum absolute atomic E-state index is 0.00479. The van der Waals surface area contributed by atoms with Gasteiger partial charge < -0.3 is 30.9 Å². The van der Waals surface area contributed by atoms with Crippen LogP contribution in [0, 0.1) is 5.82 Å². The van der Waals surface area contributed by atoms with E-state index in [2.05, 4.69) is 25.9 Å². The van der Waals surface area contributed by atoms with E-state index in [1.807, 2.05) is 24.3 Å². The van der Waals surface area contributed by atoms with Crippen molar-refractivity contribution in [3.8, 4) is 39.4 Å². The lowest BCUT2D eigenvalue weighted by atomic mass is 9.97. The van der Waals surface area contributed by atoms with Gasteiger partial charge in [-0.1, -0.05) is 59.6 Å². The van der Waals surface area contributed by atoms with E-state index >= 15 is 4.39 Å². The van der Waals surface area contributed by atoms with Crippen molar-refractivity contribution in [2.45, 2.75) is 44.5 Å². The number of amides is 1. The van der Waals surface area contributed by atoms with Crippen molar-refractivity contribution in [2.24, 2.45) is 0 Å². The number of ether oxygens (including phenoxy) is 1. The third-order valence-electron chi connectivity index (χ3n) is 8.76. The highest BCUT2D eigenvalue weighted by Gasteiger charge is 2.22. The number of nitrogens with zero attached hydrogens (tertiary/aromatic N) is 3. The van der Waals surface area contributed by atoms with Crippen LogP contribution in [-0.2, 0) is 22.7 Å². The topological polar surface area (TPSA) is 167 Å². The molecule has 0 radical (unpaired) electrons. The van der Waals surface area contributed by atoms with Crippen LogP contribution in [0.1, 0.15) is 30.4 Å². The van der Waals surface area contributed by atoms with Gasteiger partial charge in [0, 0.05) is 84.9 Å². The average Bonchev–Trinajstić information content (AvgIpc) is 3.54. The Labute approximate surface area is 307 Å². The number of carboxylic acids is 1. The number of aliphatic hydroxyl groups is 1. The van der Waals surface area contributed by atoms with Gasteiger partial charge in [0.25, 0.3) is 5.56 Å². The minimum atomic E-state index is -1.12. The maximum Gasteiger partial charge on any atom is 0.306 e. The number of fused-ring (bicyclic) bond motifs is 1. The zero-order valence-corrected chi connectivity index (χ0v) is 29.5. The number of carbonyl (C=O) groups is 2. The van der Waals surface area contributed by atoms with Crippen molar-refractivity contribution in [2.75, 3.05) is 20.2 Å².